The van der Waals surface area contributed by atoms with Crippen LogP contribution in [0, 0.1) is 0 Å². The van der Waals surface area contributed by atoms with E-state index >= 15 is 0 Å². The fourth-order valence-corrected chi connectivity index (χ4v) is 1.67. The summed E-state index contributed by atoms with van der Waals surface area (Å²) in [6.07, 6.45) is 1.05. The summed E-state index contributed by atoms with van der Waals surface area (Å²) in [6, 6.07) is 6.00. The van der Waals surface area contributed by atoms with Crippen molar-refractivity contribution in [3.8, 4) is 0 Å². The van der Waals surface area contributed by atoms with Gasteiger partial charge in [0, 0.05) is 12.0 Å². The predicted molar refractivity (Wildman–Crippen MR) is 84.0 cm³/mol. The second-order valence-electron chi connectivity index (χ2n) is 4.28. The van der Waals surface area contributed by atoms with Gasteiger partial charge in [-0.15, -0.1) is 0 Å². The van der Waals surface area contributed by atoms with Crippen molar-refractivity contribution in [2.24, 2.45) is 0 Å². The average molecular weight is 323 g/mol. The number of esters is 1. The van der Waals surface area contributed by atoms with Gasteiger partial charge in [-0.3, -0.25) is 25.8 Å². The smallest absolute Gasteiger partial charge is 0.337 e. The maximum absolute atomic E-state index is 12.0. The highest BCUT2D eigenvalue weighted by molar-refractivity contribution is 7.80. The fraction of sp³-hybridized carbons (Fsp3) is 0.286. The summed E-state index contributed by atoms with van der Waals surface area (Å²) in [4.78, 5) is 34.7. The van der Waals surface area contributed by atoms with Gasteiger partial charge in [-0.05, 0) is 36.8 Å². The maximum atomic E-state index is 12.0. The third-order valence-corrected chi connectivity index (χ3v) is 2.77. The van der Waals surface area contributed by atoms with Crippen molar-refractivity contribution in [1.29, 1.82) is 0 Å². The molecule has 1 rings (SSSR count). The number of hydrogen-bond acceptors (Lipinski definition) is 5. The van der Waals surface area contributed by atoms with E-state index < -0.39 is 11.9 Å². The Morgan fingerprint density at radius 3 is 2.50 bits per heavy atom. The van der Waals surface area contributed by atoms with Crippen LogP contribution >= 0.6 is 12.2 Å². The highest BCUT2D eigenvalue weighted by Gasteiger charge is 2.12. The number of ether oxygens (including phenoxy) is 1. The number of carbonyl (C=O) groups is 3. The molecule has 0 aliphatic carbocycles. The van der Waals surface area contributed by atoms with Crippen LogP contribution < -0.4 is 16.2 Å². The van der Waals surface area contributed by atoms with Crippen LogP contribution in [0.5, 0.6) is 0 Å². The Kier molecular flexibility index (Phi) is 6.97. The molecule has 0 aliphatic heterocycles. The maximum Gasteiger partial charge on any atom is 0.337 e. The summed E-state index contributed by atoms with van der Waals surface area (Å²) in [7, 11) is 1.26. The summed E-state index contributed by atoms with van der Waals surface area (Å²) in [5, 5.41) is 2.35. The lowest BCUT2D eigenvalue weighted by atomic mass is 10.1. The van der Waals surface area contributed by atoms with Crippen molar-refractivity contribution in [2.45, 2.75) is 19.8 Å². The number of methoxy groups -OCH3 is 1. The molecular weight excluding hydrogens is 306 g/mol. The summed E-state index contributed by atoms with van der Waals surface area (Å²) in [5.74, 6) is -1.28. The third kappa shape index (κ3) is 5.49. The Morgan fingerprint density at radius 2 is 1.86 bits per heavy atom. The molecule has 22 heavy (non-hydrogen) atoms. The van der Waals surface area contributed by atoms with Gasteiger partial charge in [-0.25, -0.2) is 4.79 Å². The van der Waals surface area contributed by atoms with Crippen molar-refractivity contribution in [2.75, 3.05) is 7.11 Å². The number of hydrazine groups is 1. The molecule has 0 atom stereocenters. The minimum atomic E-state index is -0.540. The van der Waals surface area contributed by atoms with Gasteiger partial charge in [0.25, 0.3) is 5.91 Å². The van der Waals surface area contributed by atoms with Crippen LogP contribution in [0.1, 0.15) is 40.5 Å². The van der Waals surface area contributed by atoms with Crippen LogP contribution in [-0.4, -0.2) is 30.0 Å². The van der Waals surface area contributed by atoms with Gasteiger partial charge in [-0.1, -0.05) is 13.0 Å². The van der Waals surface area contributed by atoms with Crippen molar-refractivity contribution in [1.82, 2.24) is 16.2 Å². The Labute approximate surface area is 133 Å². The average Bonchev–Trinajstić information content (AvgIpc) is 2.52. The first-order chi connectivity index (χ1) is 10.5. The van der Waals surface area contributed by atoms with E-state index in [4.69, 9.17) is 12.2 Å². The number of benzene rings is 1. The quantitative estimate of drug-likeness (QED) is 0.433. The number of thiocarbonyl (C=S) groups is 1. The van der Waals surface area contributed by atoms with E-state index in [0.29, 0.717) is 12.8 Å². The highest BCUT2D eigenvalue weighted by Crippen LogP contribution is 2.06. The first kappa shape index (κ1) is 17.6. The second kappa shape index (κ2) is 8.73. The van der Waals surface area contributed by atoms with E-state index in [9.17, 15) is 14.4 Å². The molecule has 7 nitrogen and oxygen atoms in total. The third-order valence-electron chi connectivity index (χ3n) is 2.57. The van der Waals surface area contributed by atoms with Gasteiger partial charge in [-0.2, -0.15) is 0 Å². The van der Waals surface area contributed by atoms with E-state index in [1.54, 1.807) is 6.07 Å². The van der Waals surface area contributed by atoms with Gasteiger partial charge >= 0.3 is 5.97 Å². The fourth-order valence-electron chi connectivity index (χ4n) is 1.53. The number of hydrogen-bond donors (Lipinski definition) is 3. The number of nitrogens with one attached hydrogen (secondary N) is 3. The van der Waals surface area contributed by atoms with E-state index in [0.717, 1.165) is 0 Å². The van der Waals surface area contributed by atoms with Crippen LogP contribution in [0.3, 0.4) is 0 Å². The van der Waals surface area contributed by atoms with Crippen molar-refractivity contribution >= 4 is 35.1 Å². The second-order valence-corrected chi connectivity index (χ2v) is 4.69. The van der Waals surface area contributed by atoms with E-state index in [2.05, 4.69) is 20.9 Å². The molecule has 0 saturated carbocycles. The van der Waals surface area contributed by atoms with Crippen LogP contribution in [0.4, 0.5) is 0 Å². The minimum absolute atomic E-state index is 0.0436. The Hall–Kier alpha value is -2.48. The SMILES string of the molecule is CCCC(=O)NNC(=S)NC(=O)c1cccc(C(=O)OC)c1. The lowest BCUT2D eigenvalue weighted by molar-refractivity contribution is -0.121. The van der Waals surface area contributed by atoms with Crippen LogP contribution in [0.2, 0.25) is 0 Å². The molecule has 1 aromatic rings. The molecule has 0 fully saturated rings. The van der Waals surface area contributed by atoms with E-state index in [1.165, 1.54) is 25.3 Å². The monoisotopic (exact) mass is 323 g/mol. The van der Waals surface area contributed by atoms with Crippen LogP contribution in [-0.2, 0) is 9.53 Å². The molecular formula is C14H17N3O4S. The van der Waals surface area contributed by atoms with E-state index in [-0.39, 0.29) is 22.1 Å². The first-order valence-corrected chi connectivity index (χ1v) is 6.97. The molecule has 0 radical (unpaired) electrons. The molecule has 0 spiro atoms. The Balaban J connectivity index is 2.59. The predicted octanol–water partition coefficient (Wildman–Crippen LogP) is 0.909. The lowest BCUT2D eigenvalue weighted by Gasteiger charge is -2.10. The van der Waals surface area contributed by atoms with Gasteiger partial charge in [0.2, 0.25) is 5.91 Å². The summed E-state index contributed by atoms with van der Waals surface area (Å²) in [6.45, 7) is 1.87. The molecule has 118 valence electrons. The van der Waals surface area contributed by atoms with Crippen molar-refractivity contribution < 1.29 is 19.1 Å². The van der Waals surface area contributed by atoms with Gasteiger partial charge < -0.3 is 4.74 Å². The Bertz CT molecular complexity index is 589. The molecule has 0 aliphatic rings. The number of rotatable bonds is 4. The Morgan fingerprint density at radius 1 is 1.18 bits per heavy atom. The van der Waals surface area contributed by atoms with Gasteiger partial charge in [0.1, 0.15) is 0 Å². The van der Waals surface area contributed by atoms with Crippen LogP contribution in [0.15, 0.2) is 24.3 Å². The zero-order chi connectivity index (χ0) is 16.5. The summed E-state index contributed by atoms with van der Waals surface area (Å²) < 4.78 is 4.58. The molecule has 0 aromatic heterocycles. The van der Waals surface area contributed by atoms with Crippen LogP contribution in [0.25, 0.3) is 0 Å². The molecule has 0 unspecified atom stereocenters. The molecule has 0 bridgehead atoms. The zero-order valence-electron chi connectivity index (χ0n) is 12.3. The minimum Gasteiger partial charge on any atom is -0.465 e. The first-order valence-electron chi connectivity index (χ1n) is 6.56. The van der Waals surface area contributed by atoms with Gasteiger partial charge in [0.05, 0.1) is 12.7 Å². The molecule has 3 N–H and O–H groups in total. The molecule has 2 amide bonds. The van der Waals surface area contributed by atoms with Crippen molar-refractivity contribution in [3.63, 3.8) is 0 Å². The topological polar surface area (TPSA) is 96.5 Å². The van der Waals surface area contributed by atoms with Gasteiger partial charge in [0.15, 0.2) is 5.11 Å². The highest BCUT2D eigenvalue weighted by atomic mass is 32.1. The van der Waals surface area contributed by atoms with Crippen molar-refractivity contribution in [3.05, 3.63) is 35.4 Å². The summed E-state index contributed by atoms with van der Waals surface area (Å²) in [5.41, 5.74) is 5.28. The summed E-state index contributed by atoms with van der Waals surface area (Å²) >= 11 is 4.89. The lowest BCUT2D eigenvalue weighted by Crippen LogP contribution is -2.48. The zero-order valence-corrected chi connectivity index (χ0v) is 13.1. The largest absolute Gasteiger partial charge is 0.465 e. The molecule has 0 heterocycles. The normalized spacial score (nSPS) is 9.55. The molecule has 1 aromatic carbocycles. The molecule has 8 heteroatoms. The number of amides is 2. The molecule has 0 saturated heterocycles. The standard InChI is InChI=1S/C14H17N3O4S/c1-3-5-11(18)16-17-14(22)15-12(19)9-6-4-7-10(8-9)13(20)21-2/h4,6-8H,3,5H2,1-2H3,(H,16,18)(H2,15,17,19,22). The number of carbonyl (C=O) groups excluding carboxylic acids is 3. The van der Waals surface area contributed by atoms with E-state index in [1.807, 2.05) is 6.92 Å².